The van der Waals surface area contributed by atoms with Crippen LogP contribution in [0.25, 0.3) is 5.69 Å². The normalized spacial score (nSPS) is 12.2. The minimum absolute atomic E-state index is 0.00537. The molecule has 1 aromatic carbocycles. The van der Waals surface area contributed by atoms with Crippen molar-refractivity contribution in [3.63, 3.8) is 0 Å². The molecule has 31 heavy (non-hydrogen) atoms. The maximum Gasteiger partial charge on any atom is 0.416 e. The number of aryl methyl sites for hydroxylation is 1. The molecule has 0 aliphatic carbocycles. The average molecular weight is 473 g/mol. The van der Waals surface area contributed by atoms with Gasteiger partial charge in [-0.2, -0.15) is 18.3 Å². The highest BCUT2D eigenvalue weighted by Crippen LogP contribution is 2.31. The second kappa shape index (κ2) is 8.44. The van der Waals surface area contributed by atoms with Gasteiger partial charge in [0.1, 0.15) is 4.21 Å². The van der Waals surface area contributed by atoms with Gasteiger partial charge in [0.05, 0.1) is 29.9 Å². The van der Waals surface area contributed by atoms with Gasteiger partial charge in [-0.1, -0.05) is 6.07 Å². The first-order valence-corrected chi connectivity index (χ1v) is 11.3. The predicted octanol–water partition coefficient (Wildman–Crippen LogP) is 3.08. The summed E-state index contributed by atoms with van der Waals surface area (Å²) >= 11 is 0.963. The number of primary sulfonamides is 1. The molecule has 1 amide bonds. The number of halogens is 3. The number of nitrogens with one attached hydrogen (secondary N) is 1. The highest BCUT2D eigenvalue weighted by Gasteiger charge is 2.30. The number of carbonyl (C=O) groups is 1. The number of carbonyl (C=O) groups excluding carboxylic acids is 1. The van der Waals surface area contributed by atoms with Crippen molar-refractivity contribution in [1.82, 2.24) is 15.1 Å². The zero-order chi connectivity index (χ0) is 23.0. The van der Waals surface area contributed by atoms with E-state index in [1.165, 1.54) is 22.9 Å². The number of hydrogen-bond donors (Lipinski definition) is 2. The number of rotatable bonds is 6. The van der Waals surface area contributed by atoms with Crippen LogP contribution >= 0.6 is 11.3 Å². The SMILES string of the molecule is Cc1nn(-c2cccc(C(F)(F)F)c2)c(C)c1CC(=O)NCc1ccc(S(N)(=O)=O)s1. The fourth-order valence-electron chi connectivity index (χ4n) is 3.01. The van der Waals surface area contributed by atoms with E-state index in [4.69, 9.17) is 5.14 Å². The fraction of sp³-hybridized carbons (Fsp3) is 0.263. The smallest absolute Gasteiger partial charge is 0.351 e. The van der Waals surface area contributed by atoms with Crippen molar-refractivity contribution in [2.45, 2.75) is 37.2 Å². The van der Waals surface area contributed by atoms with Crippen molar-refractivity contribution in [2.24, 2.45) is 5.14 Å². The molecule has 3 aromatic rings. The van der Waals surface area contributed by atoms with Gasteiger partial charge >= 0.3 is 6.18 Å². The van der Waals surface area contributed by atoms with E-state index in [0.717, 1.165) is 23.5 Å². The Morgan fingerprint density at radius 3 is 2.55 bits per heavy atom. The Morgan fingerprint density at radius 2 is 1.94 bits per heavy atom. The lowest BCUT2D eigenvalue weighted by molar-refractivity contribution is -0.137. The van der Waals surface area contributed by atoms with Gasteiger partial charge in [-0.05, 0) is 44.2 Å². The first-order chi connectivity index (χ1) is 14.4. The molecule has 12 heteroatoms. The first kappa shape index (κ1) is 23.0. The lowest BCUT2D eigenvalue weighted by Crippen LogP contribution is -2.24. The van der Waals surface area contributed by atoms with Crippen molar-refractivity contribution < 1.29 is 26.4 Å². The summed E-state index contributed by atoms with van der Waals surface area (Å²) < 4.78 is 63.1. The van der Waals surface area contributed by atoms with E-state index in [1.54, 1.807) is 19.9 Å². The summed E-state index contributed by atoms with van der Waals surface area (Å²) in [5.74, 6) is -0.333. The van der Waals surface area contributed by atoms with E-state index < -0.39 is 21.8 Å². The first-order valence-electron chi connectivity index (χ1n) is 8.97. The largest absolute Gasteiger partial charge is 0.416 e. The molecule has 0 aliphatic rings. The maximum absolute atomic E-state index is 13.0. The molecule has 3 rings (SSSR count). The zero-order valence-electron chi connectivity index (χ0n) is 16.5. The van der Waals surface area contributed by atoms with E-state index in [-0.39, 0.29) is 28.8 Å². The van der Waals surface area contributed by atoms with Gasteiger partial charge in [0, 0.05) is 16.1 Å². The topological polar surface area (TPSA) is 107 Å². The standard InChI is InChI=1S/C19H19F3N4O3S2/c1-11-16(9-17(27)24-10-15-6-7-18(30-15)31(23,28)29)12(2)26(25-11)14-5-3-4-13(8-14)19(20,21)22/h3-8H,9-10H2,1-2H3,(H,24,27)(H2,23,28,29). The van der Waals surface area contributed by atoms with Crippen LogP contribution in [-0.2, 0) is 34.0 Å². The molecule has 7 nitrogen and oxygen atoms in total. The summed E-state index contributed by atoms with van der Waals surface area (Å²) in [6.07, 6.45) is -4.50. The third-order valence-corrected chi connectivity index (χ3v) is 7.10. The molecule has 0 unspecified atom stereocenters. The molecule has 2 heterocycles. The molecule has 0 aliphatic heterocycles. The lowest BCUT2D eigenvalue weighted by atomic mass is 10.1. The van der Waals surface area contributed by atoms with Crippen LogP contribution in [0.15, 0.2) is 40.6 Å². The van der Waals surface area contributed by atoms with Crippen LogP contribution in [0.2, 0.25) is 0 Å². The Bertz CT molecular complexity index is 1230. The predicted molar refractivity (Wildman–Crippen MR) is 109 cm³/mol. The van der Waals surface area contributed by atoms with Gasteiger partial charge in [-0.25, -0.2) is 18.2 Å². The lowest BCUT2D eigenvalue weighted by Gasteiger charge is -2.10. The highest BCUT2D eigenvalue weighted by atomic mass is 32.2. The molecule has 3 N–H and O–H groups in total. The number of nitrogens with two attached hydrogens (primary N) is 1. The number of nitrogens with zero attached hydrogens (tertiary/aromatic N) is 2. The van der Waals surface area contributed by atoms with Crippen LogP contribution in [-0.4, -0.2) is 24.1 Å². The molecular weight excluding hydrogens is 453 g/mol. The second-order valence-electron chi connectivity index (χ2n) is 6.83. The van der Waals surface area contributed by atoms with Crippen LogP contribution < -0.4 is 10.5 Å². The molecule has 0 spiro atoms. The van der Waals surface area contributed by atoms with Gasteiger partial charge < -0.3 is 5.32 Å². The Balaban J connectivity index is 1.74. The average Bonchev–Trinajstić information content (AvgIpc) is 3.26. The van der Waals surface area contributed by atoms with Crippen LogP contribution in [0.3, 0.4) is 0 Å². The third-order valence-electron chi connectivity index (χ3n) is 4.57. The number of aromatic nitrogens is 2. The van der Waals surface area contributed by atoms with E-state index in [1.807, 2.05) is 0 Å². The van der Waals surface area contributed by atoms with E-state index in [9.17, 15) is 26.4 Å². The number of amides is 1. The van der Waals surface area contributed by atoms with Crippen LogP contribution in [0.5, 0.6) is 0 Å². The Hall–Kier alpha value is -2.70. The Kier molecular flexibility index (Phi) is 6.25. The van der Waals surface area contributed by atoms with E-state index >= 15 is 0 Å². The summed E-state index contributed by atoms with van der Waals surface area (Å²) in [4.78, 5) is 13.0. The van der Waals surface area contributed by atoms with Crippen LogP contribution in [0.1, 0.15) is 27.4 Å². The number of alkyl halides is 3. The van der Waals surface area contributed by atoms with Crippen LogP contribution in [0.4, 0.5) is 13.2 Å². The molecule has 0 bridgehead atoms. The monoisotopic (exact) mass is 472 g/mol. The van der Waals surface area contributed by atoms with Crippen LogP contribution in [0, 0.1) is 13.8 Å². The number of sulfonamides is 1. The van der Waals surface area contributed by atoms with Crippen molar-refractivity contribution >= 4 is 27.3 Å². The molecule has 0 fully saturated rings. The summed E-state index contributed by atoms with van der Waals surface area (Å²) in [7, 11) is -3.79. The quantitative estimate of drug-likeness (QED) is 0.575. The summed E-state index contributed by atoms with van der Waals surface area (Å²) in [6.45, 7) is 3.48. The minimum Gasteiger partial charge on any atom is -0.351 e. The Labute approximate surface area is 180 Å². The third kappa shape index (κ3) is 5.32. The summed E-state index contributed by atoms with van der Waals surface area (Å²) in [6, 6.07) is 7.73. The van der Waals surface area contributed by atoms with Gasteiger partial charge in [0.2, 0.25) is 15.9 Å². The highest BCUT2D eigenvalue weighted by molar-refractivity contribution is 7.91. The van der Waals surface area contributed by atoms with Crippen molar-refractivity contribution in [3.8, 4) is 5.69 Å². The molecule has 2 aromatic heterocycles. The Morgan fingerprint density at radius 1 is 1.23 bits per heavy atom. The number of benzene rings is 1. The van der Waals surface area contributed by atoms with E-state index in [2.05, 4.69) is 10.4 Å². The summed E-state index contributed by atoms with van der Waals surface area (Å²) in [5, 5.41) is 12.1. The summed E-state index contributed by atoms with van der Waals surface area (Å²) in [5.41, 5.74) is 1.14. The molecule has 0 atom stereocenters. The zero-order valence-corrected chi connectivity index (χ0v) is 18.2. The number of thiophene rings is 1. The molecule has 0 saturated carbocycles. The second-order valence-corrected chi connectivity index (χ2v) is 9.79. The minimum atomic E-state index is -4.47. The van der Waals surface area contributed by atoms with Gasteiger partial charge in [0.25, 0.3) is 0 Å². The van der Waals surface area contributed by atoms with Crippen molar-refractivity contribution in [3.05, 3.63) is 63.8 Å². The van der Waals surface area contributed by atoms with Gasteiger partial charge in [0.15, 0.2) is 0 Å². The maximum atomic E-state index is 13.0. The molecule has 0 saturated heterocycles. The molecule has 0 radical (unpaired) electrons. The molecule has 166 valence electrons. The van der Waals surface area contributed by atoms with Gasteiger partial charge in [-0.15, -0.1) is 11.3 Å². The van der Waals surface area contributed by atoms with Crippen molar-refractivity contribution in [1.29, 1.82) is 0 Å². The van der Waals surface area contributed by atoms with E-state index in [0.29, 0.717) is 21.8 Å². The molecular formula is C19H19F3N4O3S2. The van der Waals surface area contributed by atoms with Gasteiger partial charge in [-0.3, -0.25) is 4.79 Å². The fourth-order valence-corrected chi connectivity index (χ4v) is 4.73. The van der Waals surface area contributed by atoms with Crippen molar-refractivity contribution in [2.75, 3.05) is 0 Å². The number of hydrogen-bond acceptors (Lipinski definition) is 5.